The van der Waals surface area contributed by atoms with E-state index in [0.29, 0.717) is 25.7 Å². The summed E-state index contributed by atoms with van der Waals surface area (Å²) in [6, 6.07) is 15.2. The number of fused-ring (bicyclic) bond motifs is 1. The number of nitrogens with one attached hydrogen (secondary N) is 1. The number of piperidine rings is 1. The van der Waals surface area contributed by atoms with E-state index in [1.807, 2.05) is 20.0 Å². The van der Waals surface area contributed by atoms with Crippen molar-refractivity contribution in [2.24, 2.45) is 0 Å². The molecule has 1 N–H and O–H groups in total. The molecular weight excluding hydrogens is 438 g/mol. The summed E-state index contributed by atoms with van der Waals surface area (Å²) in [5, 5.41) is 10.6. The standard InChI is InChI=1S/C27H31N3O3.C2H6/c1-19-6-11-24(27-26(19)21(16-28)17-29-27)20-4-2-12-30(18-20)22-7-9-23(10-8-22)31-13-3-5-25-32-14-15-33-25;1-2/h6-11,17,20,25,29H,2-5,12-15,18H2,1H3;1-2H3/t20-;/m0./s1. The lowest BCUT2D eigenvalue weighted by Gasteiger charge is -2.35. The van der Waals surface area contributed by atoms with Gasteiger partial charge in [0.15, 0.2) is 6.29 Å². The lowest BCUT2D eigenvalue weighted by Crippen LogP contribution is -2.34. The third-order valence-electron chi connectivity index (χ3n) is 6.80. The van der Waals surface area contributed by atoms with Crippen molar-refractivity contribution in [2.75, 3.05) is 37.8 Å². The average molecular weight is 476 g/mol. The van der Waals surface area contributed by atoms with Gasteiger partial charge in [0, 0.05) is 42.7 Å². The highest BCUT2D eigenvalue weighted by Crippen LogP contribution is 2.36. The van der Waals surface area contributed by atoms with Gasteiger partial charge in [-0.1, -0.05) is 26.0 Å². The average Bonchev–Trinajstić information content (AvgIpc) is 3.59. The van der Waals surface area contributed by atoms with E-state index in [-0.39, 0.29) is 6.29 Å². The van der Waals surface area contributed by atoms with Gasteiger partial charge in [-0.15, -0.1) is 0 Å². The number of ether oxygens (including phenoxy) is 3. The van der Waals surface area contributed by atoms with Crippen molar-refractivity contribution >= 4 is 16.6 Å². The van der Waals surface area contributed by atoms with Crippen LogP contribution in [0.2, 0.25) is 0 Å². The van der Waals surface area contributed by atoms with Crippen molar-refractivity contribution in [1.82, 2.24) is 4.98 Å². The smallest absolute Gasteiger partial charge is 0.157 e. The van der Waals surface area contributed by atoms with Gasteiger partial charge < -0.3 is 24.1 Å². The van der Waals surface area contributed by atoms with Crippen LogP contribution in [0.3, 0.4) is 0 Å². The molecule has 0 amide bonds. The Morgan fingerprint density at radius 1 is 1.11 bits per heavy atom. The first-order chi connectivity index (χ1) is 17.2. The van der Waals surface area contributed by atoms with E-state index in [1.54, 1.807) is 0 Å². The molecule has 0 spiro atoms. The monoisotopic (exact) mass is 475 g/mol. The second-order valence-corrected chi connectivity index (χ2v) is 8.98. The topological polar surface area (TPSA) is 70.5 Å². The zero-order valence-corrected chi connectivity index (χ0v) is 21.2. The molecule has 2 fully saturated rings. The van der Waals surface area contributed by atoms with Gasteiger partial charge in [-0.25, -0.2) is 0 Å². The van der Waals surface area contributed by atoms with Crippen molar-refractivity contribution in [3.8, 4) is 11.8 Å². The molecule has 0 aliphatic carbocycles. The van der Waals surface area contributed by atoms with Crippen LogP contribution in [0.4, 0.5) is 5.69 Å². The number of rotatable bonds is 7. The zero-order chi connectivity index (χ0) is 24.6. The molecule has 2 aliphatic heterocycles. The molecule has 2 saturated heterocycles. The fraction of sp³-hybridized carbons (Fsp3) is 0.483. The minimum atomic E-state index is -0.0599. The number of aryl methyl sites for hydroxylation is 1. The molecule has 2 aromatic carbocycles. The number of anilines is 1. The summed E-state index contributed by atoms with van der Waals surface area (Å²) in [7, 11) is 0. The molecule has 35 heavy (non-hydrogen) atoms. The Balaban J connectivity index is 0.00000141. The number of nitriles is 1. The second kappa shape index (κ2) is 12.1. The minimum Gasteiger partial charge on any atom is -0.494 e. The molecule has 6 nitrogen and oxygen atoms in total. The maximum atomic E-state index is 9.48. The summed E-state index contributed by atoms with van der Waals surface area (Å²) in [6.45, 7) is 10.2. The predicted molar refractivity (Wildman–Crippen MR) is 140 cm³/mol. The molecule has 1 atom stereocenters. The molecule has 0 unspecified atom stereocenters. The number of aromatic amines is 1. The minimum absolute atomic E-state index is 0.0599. The Hall–Kier alpha value is -3.01. The first kappa shape index (κ1) is 25.1. The summed E-state index contributed by atoms with van der Waals surface area (Å²) in [5.74, 6) is 1.33. The van der Waals surface area contributed by atoms with Crippen LogP contribution in [-0.4, -0.2) is 44.2 Å². The SMILES string of the molecule is CC.Cc1ccc([C@H]2CCCN(c3ccc(OCCCC4OCCO4)cc3)C2)c2[nH]cc(C#N)c12. The van der Waals surface area contributed by atoms with Gasteiger partial charge in [0.2, 0.25) is 0 Å². The van der Waals surface area contributed by atoms with Crippen molar-refractivity contribution in [3.05, 3.63) is 59.3 Å². The number of aromatic nitrogens is 1. The maximum Gasteiger partial charge on any atom is 0.157 e. The van der Waals surface area contributed by atoms with Gasteiger partial charge in [-0.3, -0.25) is 0 Å². The highest BCUT2D eigenvalue weighted by Gasteiger charge is 2.24. The summed E-state index contributed by atoms with van der Waals surface area (Å²) in [6.07, 6.45) is 5.87. The fourth-order valence-electron chi connectivity index (χ4n) is 5.10. The molecule has 0 radical (unpaired) electrons. The number of hydrogen-bond acceptors (Lipinski definition) is 5. The van der Waals surface area contributed by atoms with E-state index in [2.05, 4.69) is 59.3 Å². The Labute approximate surface area is 208 Å². The molecule has 3 heterocycles. The Kier molecular flexibility index (Phi) is 8.68. The highest BCUT2D eigenvalue weighted by molar-refractivity contribution is 5.91. The molecule has 0 bridgehead atoms. The largest absolute Gasteiger partial charge is 0.494 e. The molecule has 0 saturated carbocycles. The van der Waals surface area contributed by atoms with Crippen LogP contribution in [0.25, 0.3) is 10.9 Å². The molecule has 2 aliphatic rings. The molecule has 186 valence electrons. The molecule has 3 aromatic rings. The summed E-state index contributed by atoms with van der Waals surface area (Å²) in [5.41, 5.74) is 5.55. The predicted octanol–water partition coefficient (Wildman–Crippen LogP) is 6.29. The van der Waals surface area contributed by atoms with Crippen LogP contribution < -0.4 is 9.64 Å². The zero-order valence-electron chi connectivity index (χ0n) is 21.2. The van der Waals surface area contributed by atoms with E-state index in [1.165, 1.54) is 11.3 Å². The normalized spacial score (nSPS) is 18.2. The first-order valence-electron chi connectivity index (χ1n) is 12.9. The lowest BCUT2D eigenvalue weighted by atomic mass is 9.88. The number of benzene rings is 2. The summed E-state index contributed by atoms with van der Waals surface area (Å²) in [4.78, 5) is 5.84. The van der Waals surface area contributed by atoms with Crippen LogP contribution in [0.1, 0.15) is 62.1 Å². The van der Waals surface area contributed by atoms with Crippen molar-refractivity contribution in [2.45, 2.75) is 58.7 Å². The molecular formula is C29H37N3O3. The van der Waals surface area contributed by atoms with Crippen molar-refractivity contribution in [1.29, 1.82) is 5.26 Å². The quantitative estimate of drug-likeness (QED) is 0.407. The molecule has 6 heteroatoms. The van der Waals surface area contributed by atoms with E-state index < -0.39 is 0 Å². The Morgan fingerprint density at radius 3 is 2.63 bits per heavy atom. The number of hydrogen-bond donors (Lipinski definition) is 1. The van der Waals surface area contributed by atoms with Gasteiger partial charge in [0.1, 0.15) is 11.8 Å². The van der Waals surface area contributed by atoms with Gasteiger partial charge in [-0.05, 0) is 61.6 Å². The van der Waals surface area contributed by atoms with Crippen LogP contribution in [0.15, 0.2) is 42.6 Å². The Bertz CT molecular complexity index is 1130. The third-order valence-corrected chi connectivity index (χ3v) is 6.80. The highest BCUT2D eigenvalue weighted by atomic mass is 16.7. The van der Waals surface area contributed by atoms with Gasteiger partial charge in [0.05, 0.1) is 30.9 Å². The molecule has 5 rings (SSSR count). The second-order valence-electron chi connectivity index (χ2n) is 8.98. The Morgan fingerprint density at radius 2 is 1.89 bits per heavy atom. The van der Waals surface area contributed by atoms with Crippen molar-refractivity contribution in [3.63, 3.8) is 0 Å². The van der Waals surface area contributed by atoms with Gasteiger partial charge in [-0.2, -0.15) is 5.26 Å². The van der Waals surface area contributed by atoms with Crippen molar-refractivity contribution < 1.29 is 14.2 Å². The van der Waals surface area contributed by atoms with E-state index in [0.717, 1.165) is 66.6 Å². The molecule has 1 aromatic heterocycles. The maximum absolute atomic E-state index is 9.48. The van der Waals surface area contributed by atoms with Gasteiger partial charge >= 0.3 is 0 Å². The first-order valence-corrected chi connectivity index (χ1v) is 12.9. The fourth-order valence-corrected chi connectivity index (χ4v) is 5.10. The van der Waals surface area contributed by atoms with E-state index in [4.69, 9.17) is 14.2 Å². The van der Waals surface area contributed by atoms with E-state index >= 15 is 0 Å². The van der Waals surface area contributed by atoms with E-state index in [9.17, 15) is 5.26 Å². The third kappa shape index (κ3) is 5.80. The number of H-pyrrole nitrogens is 1. The van der Waals surface area contributed by atoms with Gasteiger partial charge in [0.25, 0.3) is 0 Å². The van der Waals surface area contributed by atoms with Crippen LogP contribution in [-0.2, 0) is 9.47 Å². The number of nitrogens with zero attached hydrogens (tertiary/aromatic N) is 2. The van der Waals surface area contributed by atoms with Crippen LogP contribution in [0.5, 0.6) is 5.75 Å². The van der Waals surface area contributed by atoms with Crippen LogP contribution in [0, 0.1) is 18.3 Å². The summed E-state index contributed by atoms with van der Waals surface area (Å²) < 4.78 is 16.8. The lowest BCUT2D eigenvalue weighted by molar-refractivity contribution is -0.0492. The van der Waals surface area contributed by atoms with Crippen LogP contribution >= 0.6 is 0 Å². The summed E-state index contributed by atoms with van der Waals surface area (Å²) >= 11 is 0.